The summed E-state index contributed by atoms with van der Waals surface area (Å²) in [6.07, 6.45) is 8.65. The number of hydrogen-bond acceptors (Lipinski definition) is 6. The summed E-state index contributed by atoms with van der Waals surface area (Å²) in [7, 11) is 1.57. The number of anilines is 1. The number of methoxy groups -OCH3 is 1. The maximum atomic E-state index is 5.64. The maximum absolute atomic E-state index is 5.64. The molecule has 2 aromatic rings. The lowest BCUT2D eigenvalue weighted by atomic mass is 10.00. The van der Waals surface area contributed by atoms with Gasteiger partial charge in [0.1, 0.15) is 5.52 Å². The number of H-pyrrole nitrogens is 1. The molecule has 0 amide bonds. The van der Waals surface area contributed by atoms with E-state index in [4.69, 9.17) is 10.5 Å². The Labute approximate surface area is 116 Å². The lowest BCUT2D eigenvalue weighted by Crippen LogP contribution is -2.14. The molecule has 1 unspecified atom stereocenters. The molecule has 0 aliphatic heterocycles. The van der Waals surface area contributed by atoms with E-state index in [1.165, 1.54) is 0 Å². The van der Waals surface area contributed by atoms with Crippen LogP contribution in [-0.2, 0) is 0 Å². The van der Waals surface area contributed by atoms with Gasteiger partial charge in [-0.1, -0.05) is 12.2 Å². The molecule has 20 heavy (non-hydrogen) atoms. The fourth-order valence-corrected chi connectivity index (χ4v) is 2.07. The van der Waals surface area contributed by atoms with Crippen LogP contribution in [0.1, 0.15) is 6.42 Å². The van der Waals surface area contributed by atoms with Crippen LogP contribution >= 0.6 is 0 Å². The number of fused-ring (bicyclic) bond motifs is 1. The van der Waals surface area contributed by atoms with Crippen molar-refractivity contribution in [2.75, 3.05) is 19.0 Å². The Kier molecular flexibility index (Phi) is 3.34. The van der Waals surface area contributed by atoms with E-state index in [1.54, 1.807) is 13.4 Å². The van der Waals surface area contributed by atoms with Gasteiger partial charge in [-0.2, -0.15) is 9.97 Å². The molecule has 104 valence electrons. The number of nitrogens with two attached hydrogens (primary N) is 1. The smallest absolute Gasteiger partial charge is 0.244 e. The number of aromatic nitrogens is 4. The van der Waals surface area contributed by atoms with E-state index in [9.17, 15) is 0 Å². The van der Waals surface area contributed by atoms with Gasteiger partial charge in [-0.15, -0.1) is 0 Å². The predicted molar refractivity (Wildman–Crippen MR) is 76.2 cm³/mol. The molecule has 0 spiro atoms. The number of ether oxygens (including phenoxy) is 1. The van der Waals surface area contributed by atoms with E-state index in [0.29, 0.717) is 35.5 Å². The van der Waals surface area contributed by atoms with Gasteiger partial charge in [-0.25, -0.2) is 4.98 Å². The highest BCUT2D eigenvalue weighted by molar-refractivity contribution is 5.77. The van der Waals surface area contributed by atoms with Crippen molar-refractivity contribution >= 4 is 17.1 Å². The van der Waals surface area contributed by atoms with Crippen molar-refractivity contribution in [2.45, 2.75) is 6.42 Å². The van der Waals surface area contributed by atoms with Crippen LogP contribution in [-0.4, -0.2) is 33.6 Å². The molecule has 0 fully saturated rings. The number of aromatic amines is 1. The van der Waals surface area contributed by atoms with Crippen molar-refractivity contribution in [3.8, 4) is 5.88 Å². The Hall–Kier alpha value is -2.41. The molecule has 7 nitrogen and oxygen atoms in total. The first-order chi connectivity index (χ1) is 9.80. The molecule has 1 aliphatic rings. The summed E-state index contributed by atoms with van der Waals surface area (Å²) in [4.78, 5) is 15.7. The largest absolute Gasteiger partial charge is 0.479 e. The van der Waals surface area contributed by atoms with Crippen LogP contribution in [0, 0.1) is 5.92 Å². The molecule has 0 radical (unpaired) electrons. The van der Waals surface area contributed by atoms with E-state index < -0.39 is 0 Å². The summed E-state index contributed by atoms with van der Waals surface area (Å²) in [5.41, 5.74) is 7.84. The Morgan fingerprint density at radius 1 is 1.50 bits per heavy atom. The number of imidazole rings is 1. The highest BCUT2D eigenvalue weighted by atomic mass is 16.5. The molecule has 0 aromatic carbocycles. The molecule has 2 heterocycles. The van der Waals surface area contributed by atoms with E-state index in [1.807, 2.05) is 6.08 Å². The second kappa shape index (κ2) is 5.30. The monoisotopic (exact) mass is 272 g/mol. The zero-order chi connectivity index (χ0) is 13.9. The minimum atomic E-state index is 0.407. The van der Waals surface area contributed by atoms with Gasteiger partial charge in [0.25, 0.3) is 0 Å². The number of allylic oxidation sites excluding steroid dienone is 2. The van der Waals surface area contributed by atoms with Crippen molar-refractivity contribution < 1.29 is 4.74 Å². The minimum absolute atomic E-state index is 0.407. The van der Waals surface area contributed by atoms with Crippen LogP contribution in [0.4, 0.5) is 5.95 Å². The van der Waals surface area contributed by atoms with Crippen LogP contribution in [0.15, 0.2) is 30.3 Å². The Morgan fingerprint density at radius 3 is 3.10 bits per heavy atom. The third-order valence-corrected chi connectivity index (χ3v) is 3.19. The highest BCUT2D eigenvalue weighted by Crippen LogP contribution is 2.22. The SMILES string of the molecule is COc1nc(NC2=CCC(CN)C=C2)nc2nc[nH]c12. The van der Waals surface area contributed by atoms with E-state index in [0.717, 1.165) is 12.1 Å². The van der Waals surface area contributed by atoms with Crippen LogP contribution < -0.4 is 15.8 Å². The summed E-state index contributed by atoms with van der Waals surface area (Å²) in [5, 5.41) is 3.16. The molecule has 0 bridgehead atoms. The molecule has 0 saturated carbocycles. The third kappa shape index (κ3) is 2.35. The molecular weight excluding hydrogens is 256 g/mol. The molecule has 2 aromatic heterocycles. The first-order valence-electron chi connectivity index (χ1n) is 6.40. The number of rotatable bonds is 4. The van der Waals surface area contributed by atoms with Gasteiger partial charge in [-0.3, -0.25) is 0 Å². The average molecular weight is 272 g/mol. The Balaban J connectivity index is 1.85. The Bertz CT molecular complexity index is 675. The number of nitrogens with one attached hydrogen (secondary N) is 2. The van der Waals surface area contributed by atoms with Crippen molar-refractivity contribution in [1.29, 1.82) is 0 Å². The predicted octanol–water partition coefficient (Wildman–Crippen LogP) is 1.19. The fourth-order valence-electron chi connectivity index (χ4n) is 2.07. The summed E-state index contributed by atoms with van der Waals surface area (Å²) in [6.45, 7) is 0.657. The van der Waals surface area contributed by atoms with E-state index in [-0.39, 0.29) is 0 Å². The van der Waals surface area contributed by atoms with Gasteiger partial charge in [0, 0.05) is 5.70 Å². The normalized spacial score (nSPS) is 18.1. The average Bonchev–Trinajstić information content (AvgIpc) is 2.95. The minimum Gasteiger partial charge on any atom is -0.479 e. The van der Waals surface area contributed by atoms with Crippen LogP contribution in [0.25, 0.3) is 11.2 Å². The van der Waals surface area contributed by atoms with Gasteiger partial charge in [-0.05, 0) is 25.0 Å². The van der Waals surface area contributed by atoms with Gasteiger partial charge in [0.2, 0.25) is 11.8 Å². The second-order valence-electron chi connectivity index (χ2n) is 4.53. The first-order valence-corrected chi connectivity index (χ1v) is 6.40. The summed E-state index contributed by atoms with van der Waals surface area (Å²) >= 11 is 0. The van der Waals surface area contributed by atoms with Crippen LogP contribution in [0.2, 0.25) is 0 Å². The van der Waals surface area contributed by atoms with Crippen molar-refractivity contribution in [2.24, 2.45) is 11.7 Å². The van der Waals surface area contributed by atoms with Crippen LogP contribution in [0.5, 0.6) is 5.88 Å². The van der Waals surface area contributed by atoms with Gasteiger partial charge in [0.05, 0.1) is 13.4 Å². The summed E-state index contributed by atoms with van der Waals surface area (Å²) in [6, 6.07) is 0. The molecular formula is C13H16N6O. The Morgan fingerprint density at radius 2 is 2.40 bits per heavy atom. The topological polar surface area (TPSA) is 102 Å². The summed E-state index contributed by atoms with van der Waals surface area (Å²) in [5.74, 6) is 1.34. The zero-order valence-electron chi connectivity index (χ0n) is 11.1. The molecule has 4 N–H and O–H groups in total. The van der Waals surface area contributed by atoms with Gasteiger partial charge < -0.3 is 20.8 Å². The van der Waals surface area contributed by atoms with E-state index >= 15 is 0 Å². The lowest BCUT2D eigenvalue weighted by Gasteiger charge is -2.15. The zero-order valence-corrected chi connectivity index (χ0v) is 11.1. The van der Waals surface area contributed by atoms with Crippen molar-refractivity contribution in [1.82, 2.24) is 19.9 Å². The van der Waals surface area contributed by atoms with Crippen LogP contribution in [0.3, 0.4) is 0 Å². The lowest BCUT2D eigenvalue weighted by molar-refractivity contribution is 0.402. The van der Waals surface area contributed by atoms with Gasteiger partial charge in [0.15, 0.2) is 5.65 Å². The fraction of sp³-hybridized carbons (Fsp3) is 0.308. The highest BCUT2D eigenvalue weighted by Gasteiger charge is 2.12. The molecule has 1 atom stereocenters. The quantitative estimate of drug-likeness (QED) is 0.772. The first kappa shape index (κ1) is 12.6. The molecule has 0 saturated heterocycles. The third-order valence-electron chi connectivity index (χ3n) is 3.19. The molecule has 7 heteroatoms. The number of nitrogens with zero attached hydrogens (tertiary/aromatic N) is 3. The van der Waals surface area contributed by atoms with Crippen molar-refractivity contribution in [3.63, 3.8) is 0 Å². The van der Waals surface area contributed by atoms with Crippen molar-refractivity contribution in [3.05, 3.63) is 30.3 Å². The molecule has 3 rings (SSSR count). The van der Waals surface area contributed by atoms with Gasteiger partial charge >= 0.3 is 0 Å². The second-order valence-corrected chi connectivity index (χ2v) is 4.53. The maximum Gasteiger partial charge on any atom is 0.244 e. The number of hydrogen-bond donors (Lipinski definition) is 3. The standard InChI is InChI=1S/C13H16N6O/c1-20-12-10-11(16-7-15-10)18-13(19-12)17-9-4-2-8(6-14)3-5-9/h2,4-5,7-8H,3,6,14H2,1H3,(H2,15,16,17,18,19). The van der Waals surface area contributed by atoms with E-state index in [2.05, 4.69) is 37.4 Å². The summed E-state index contributed by atoms with van der Waals surface area (Å²) < 4.78 is 5.23. The molecule has 1 aliphatic carbocycles.